The standard InChI is InChI=1S/C22H21N5O4S/c1-22(2,3)27-20-14(10-23-27)19(17-5-4-8-32-17)25-26(21(20)29)11-18(28)24-13-6-7-15-16(9-13)31-12-30-15/h4-10H,11-12H2,1-3H3,(H,24,28). The summed E-state index contributed by atoms with van der Waals surface area (Å²) in [7, 11) is 0. The Bertz CT molecular complexity index is 1380. The van der Waals surface area contributed by atoms with Crippen LogP contribution in [0.5, 0.6) is 11.5 Å². The van der Waals surface area contributed by atoms with Gasteiger partial charge < -0.3 is 14.8 Å². The van der Waals surface area contributed by atoms with Crippen LogP contribution in [0, 0.1) is 0 Å². The highest BCUT2D eigenvalue weighted by atomic mass is 32.1. The van der Waals surface area contributed by atoms with Gasteiger partial charge in [0.2, 0.25) is 12.7 Å². The predicted molar refractivity (Wildman–Crippen MR) is 121 cm³/mol. The van der Waals surface area contributed by atoms with Crippen molar-refractivity contribution in [1.82, 2.24) is 19.6 Å². The van der Waals surface area contributed by atoms with Crippen molar-refractivity contribution in [2.75, 3.05) is 12.1 Å². The molecule has 0 radical (unpaired) electrons. The van der Waals surface area contributed by atoms with Crippen LogP contribution in [0.1, 0.15) is 20.8 Å². The molecule has 0 unspecified atom stereocenters. The maximum Gasteiger partial charge on any atom is 0.293 e. The predicted octanol–water partition coefficient (Wildman–Crippen LogP) is 3.44. The quantitative estimate of drug-likeness (QED) is 0.510. The molecule has 0 saturated carbocycles. The van der Waals surface area contributed by atoms with Gasteiger partial charge in [-0.15, -0.1) is 11.3 Å². The van der Waals surface area contributed by atoms with Gasteiger partial charge in [0.25, 0.3) is 5.56 Å². The summed E-state index contributed by atoms with van der Waals surface area (Å²) in [5.41, 5.74) is 0.814. The van der Waals surface area contributed by atoms with Crippen molar-refractivity contribution < 1.29 is 14.3 Å². The molecule has 10 heteroatoms. The van der Waals surface area contributed by atoms with Gasteiger partial charge in [-0.25, -0.2) is 4.68 Å². The van der Waals surface area contributed by atoms with Crippen LogP contribution in [0.3, 0.4) is 0 Å². The third-order valence-corrected chi connectivity index (χ3v) is 5.90. The molecule has 0 spiro atoms. The molecule has 1 aliphatic rings. The van der Waals surface area contributed by atoms with Crippen molar-refractivity contribution >= 4 is 33.8 Å². The SMILES string of the molecule is CC(C)(C)n1ncc2c(-c3cccs3)nn(CC(=O)Nc3ccc4c(c3)OCO4)c(=O)c21. The number of nitrogens with zero attached hydrogens (tertiary/aromatic N) is 4. The second-order valence-electron chi connectivity index (χ2n) is 8.39. The van der Waals surface area contributed by atoms with Gasteiger partial charge >= 0.3 is 0 Å². The number of hydrogen-bond acceptors (Lipinski definition) is 7. The van der Waals surface area contributed by atoms with Gasteiger partial charge in [0.15, 0.2) is 11.5 Å². The second-order valence-corrected chi connectivity index (χ2v) is 9.34. The minimum Gasteiger partial charge on any atom is -0.454 e. The summed E-state index contributed by atoms with van der Waals surface area (Å²) in [5.74, 6) is 0.813. The molecule has 32 heavy (non-hydrogen) atoms. The van der Waals surface area contributed by atoms with Gasteiger partial charge in [-0.2, -0.15) is 10.2 Å². The number of aromatic nitrogens is 4. The Hall–Kier alpha value is -3.66. The fraction of sp³-hybridized carbons (Fsp3) is 0.273. The van der Waals surface area contributed by atoms with E-state index >= 15 is 0 Å². The number of hydrogen-bond donors (Lipinski definition) is 1. The number of carbonyl (C=O) groups is 1. The molecular formula is C22H21N5O4S. The molecule has 1 N–H and O–H groups in total. The van der Waals surface area contributed by atoms with Crippen molar-refractivity contribution in [3.63, 3.8) is 0 Å². The van der Waals surface area contributed by atoms with Crippen molar-refractivity contribution in [3.8, 4) is 22.1 Å². The molecule has 3 aromatic heterocycles. The van der Waals surface area contributed by atoms with E-state index in [4.69, 9.17) is 9.47 Å². The van der Waals surface area contributed by atoms with Crippen LogP contribution in [0.4, 0.5) is 5.69 Å². The summed E-state index contributed by atoms with van der Waals surface area (Å²) in [6.07, 6.45) is 1.67. The molecule has 1 aliphatic heterocycles. The zero-order chi connectivity index (χ0) is 22.5. The van der Waals surface area contributed by atoms with Gasteiger partial charge in [-0.05, 0) is 44.4 Å². The molecule has 164 valence electrons. The molecule has 4 aromatic rings. The van der Waals surface area contributed by atoms with Crippen LogP contribution in [-0.2, 0) is 16.9 Å². The van der Waals surface area contributed by atoms with Crippen molar-refractivity contribution in [3.05, 3.63) is 52.3 Å². The minimum atomic E-state index is -0.415. The number of amides is 1. The van der Waals surface area contributed by atoms with E-state index in [9.17, 15) is 9.59 Å². The maximum atomic E-state index is 13.3. The second kappa shape index (κ2) is 7.49. The van der Waals surface area contributed by atoms with Gasteiger partial charge in [0.05, 0.1) is 22.0 Å². The Balaban J connectivity index is 1.54. The Morgan fingerprint density at radius 1 is 1.22 bits per heavy atom. The molecule has 0 atom stereocenters. The lowest BCUT2D eigenvalue weighted by atomic mass is 10.1. The first-order chi connectivity index (χ1) is 15.3. The summed E-state index contributed by atoms with van der Waals surface area (Å²) >= 11 is 1.51. The first-order valence-electron chi connectivity index (χ1n) is 10.0. The average molecular weight is 452 g/mol. The van der Waals surface area contributed by atoms with Crippen molar-refractivity contribution in [2.45, 2.75) is 32.9 Å². The lowest BCUT2D eigenvalue weighted by molar-refractivity contribution is -0.117. The molecule has 0 aliphatic carbocycles. The highest BCUT2D eigenvalue weighted by Crippen LogP contribution is 2.34. The normalized spacial score (nSPS) is 13.0. The number of benzene rings is 1. The smallest absolute Gasteiger partial charge is 0.293 e. The maximum absolute atomic E-state index is 13.3. The van der Waals surface area contributed by atoms with E-state index in [-0.39, 0.29) is 24.8 Å². The number of fused-ring (bicyclic) bond motifs is 2. The summed E-state index contributed by atoms with van der Waals surface area (Å²) in [5, 5.41) is 14.4. The van der Waals surface area contributed by atoms with E-state index in [1.165, 1.54) is 16.0 Å². The monoisotopic (exact) mass is 451 g/mol. The Morgan fingerprint density at radius 2 is 2.03 bits per heavy atom. The molecule has 9 nitrogen and oxygen atoms in total. The van der Waals surface area contributed by atoms with Crippen LogP contribution in [0.2, 0.25) is 0 Å². The molecule has 5 rings (SSSR count). The lowest BCUT2D eigenvalue weighted by Crippen LogP contribution is -2.33. The Morgan fingerprint density at radius 3 is 2.78 bits per heavy atom. The van der Waals surface area contributed by atoms with E-state index in [2.05, 4.69) is 15.5 Å². The first-order valence-corrected chi connectivity index (χ1v) is 10.9. The minimum absolute atomic E-state index is 0.152. The number of thiophene rings is 1. The topological polar surface area (TPSA) is 100 Å². The van der Waals surface area contributed by atoms with Crippen molar-refractivity contribution in [1.29, 1.82) is 0 Å². The zero-order valence-corrected chi connectivity index (χ0v) is 18.6. The fourth-order valence-corrected chi connectivity index (χ4v) is 4.31. The number of nitrogens with one attached hydrogen (secondary N) is 1. The molecule has 0 bridgehead atoms. The van der Waals surface area contributed by atoms with Crippen molar-refractivity contribution in [2.24, 2.45) is 0 Å². The molecule has 0 fully saturated rings. The molecule has 1 aromatic carbocycles. The van der Waals surface area contributed by atoms with E-state index in [1.807, 2.05) is 38.3 Å². The third-order valence-electron chi connectivity index (χ3n) is 5.02. The largest absolute Gasteiger partial charge is 0.454 e. The number of carbonyl (C=O) groups excluding carboxylic acids is 1. The van der Waals surface area contributed by atoms with Crippen LogP contribution in [0.15, 0.2) is 46.7 Å². The van der Waals surface area contributed by atoms with Crippen LogP contribution >= 0.6 is 11.3 Å². The highest BCUT2D eigenvalue weighted by molar-refractivity contribution is 7.13. The average Bonchev–Trinajstić information content (AvgIpc) is 3.49. The molecule has 1 amide bonds. The van der Waals surface area contributed by atoms with Gasteiger partial charge in [-0.3, -0.25) is 14.3 Å². The van der Waals surface area contributed by atoms with Crippen LogP contribution in [0.25, 0.3) is 21.5 Å². The molecule has 0 saturated heterocycles. The Kier molecular flexibility index (Phi) is 4.74. The lowest BCUT2D eigenvalue weighted by Gasteiger charge is -2.20. The zero-order valence-electron chi connectivity index (χ0n) is 17.8. The van der Waals surface area contributed by atoms with E-state index in [0.29, 0.717) is 33.8 Å². The third kappa shape index (κ3) is 3.52. The van der Waals surface area contributed by atoms with Gasteiger partial charge in [0, 0.05) is 11.8 Å². The highest BCUT2D eigenvalue weighted by Gasteiger charge is 2.24. The van der Waals surface area contributed by atoms with Gasteiger partial charge in [-0.1, -0.05) is 6.07 Å². The summed E-state index contributed by atoms with van der Waals surface area (Å²) in [6.45, 7) is 5.83. The van der Waals surface area contributed by atoms with Gasteiger partial charge in [0.1, 0.15) is 17.8 Å². The number of ether oxygens (including phenoxy) is 2. The van der Waals surface area contributed by atoms with E-state index < -0.39 is 5.54 Å². The Labute approximate surface area is 187 Å². The molecular weight excluding hydrogens is 430 g/mol. The summed E-state index contributed by atoms with van der Waals surface area (Å²) in [6, 6.07) is 8.99. The summed E-state index contributed by atoms with van der Waals surface area (Å²) in [4.78, 5) is 27.0. The van der Waals surface area contributed by atoms with Crippen LogP contribution < -0.4 is 20.3 Å². The van der Waals surface area contributed by atoms with E-state index in [1.54, 1.807) is 29.1 Å². The first kappa shape index (κ1) is 20.3. The van der Waals surface area contributed by atoms with E-state index in [0.717, 1.165) is 4.88 Å². The fourth-order valence-electron chi connectivity index (χ4n) is 3.59. The number of anilines is 1. The molecule has 4 heterocycles. The summed E-state index contributed by atoms with van der Waals surface area (Å²) < 4.78 is 13.5. The van der Waals surface area contributed by atoms with Crippen LogP contribution in [-0.4, -0.2) is 32.3 Å². The number of rotatable bonds is 4.